The maximum Gasteiger partial charge on any atom is 0.275 e. The van der Waals surface area contributed by atoms with Gasteiger partial charge in [-0.25, -0.2) is 0 Å². The van der Waals surface area contributed by atoms with E-state index >= 15 is 0 Å². The first-order valence-electron chi connectivity index (χ1n) is 7.04. The minimum absolute atomic E-state index is 0.215. The van der Waals surface area contributed by atoms with Crippen molar-refractivity contribution in [2.45, 2.75) is 6.92 Å². The normalized spacial score (nSPS) is 10.6. The molecule has 0 saturated heterocycles. The Bertz CT molecular complexity index is 912. The molecule has 0 radical (unpaired) electrons. The van der Waals surface area contributed by atoms with E-state index in [1.807, 2.05) is 54.6 Å². The van der Waals surface area contributed by atoms with Gasteiger partial charge in [0.25, 0.3) is 5.56 Å². The van der Waals surface area contributed by atoms with Gasteiger partial charge >= 0.3 is 0 Å². The van der Waals surface area contributed by atoms with E-state index in [1.54, 1.807) is 11.6 Å². The fourth-order valence-electron chi connectivity index (χ4n) is 2.71. The van der Waals surface area contributed by atoms with Crippen molar-refractivity contribution in [1.82, 2.24) is 4.57 Å². The van der Waals surface area contributed by atoms with Crippen molar-refractivity contribution in [2.24, 2.45) is 7.05 Å². The summed E-state index contributed by atoms with van der Waals surface area (Å²) in [6.07, 6.45) is 0. The summed E-state index contributed by atoms with van der Waals surface area (Å²) >= 11 is 0. The third kappa shape index (κ3) is 2.29. The Hall–Kier alpha value is -2.88. The Kier molecular flexibility index (Phi) is 3.51. The highest BCUT2D eigenvalue weighted by Crippen LogP contribution is 2.30. The number of nitrogens with one attached hydrogen (secondary N) is 1. The van der Waals surface area contributed by atoms with Crippen molar-refractivity contribution in [3.8, 4) is 11.3 Å². The van der Waals surface area contributed by atoms with E-state index in [1.165, 1.54) is 6.92 Å². The van der Waals surface area contributed by atoms with Crippen LogP contribution in [0.25, 0.3) is 22.0 Å². The van der Waals surface area contributed by atoms with Crippen molar-refractivity contribution < 1.29 is 4.79 Å². The molecule has 0 atom stereocenters. The number of hydrogen-bond donors (Lipinski definition) is 1. The molecule has 2 aromatic carbocycles. The van der Waals surface area contributed by atoms with E-state index in [9.17, 15) is 9.59 Å². The fourth-order valence-corrected chi connectivity index (χ4v) is 2.71. The van der Waals surface area contributed by atoms with E-state index in [-0.39, 0.29) is 11.5 Å². The molecule has 1 N–H and O–H groups in total. The molecular weight excluding hydrogens is 276 g/mol. The molecule has 0 fully saturated rings. The largest absolute Gasteiger partial charge is 0.321 e. The lowest BCUT2D eigenvalue weighted by Gasteiger charge is -2.16. The summed E-state index contributed by atoms with van der Waals surface area (Å²) in [6.45, 7) is 1.40. The summed E-state index contributed by atoms with van der Waals surface area (Å²) in [6, 6.07) is 17.4. The van der Waals surface area contributed by atoms with Crippen LogP contribution in [0, 0.1) is 0 Å². The molecule has 0 unspecified atom stereocenters. The lowest BCUT2D eigenvalue weighted by molar-refractivity contribution is -0.114. The maximum absolute atomic E-state index is 12.7. The number of anilines is 1. The lowest BCUT2D eigenvalue weighted by atomic mass is 10.0. The second-order valence-electron chi connectivity index (χ2n) is 5.18. The second kappa shape index (κ2) is 5.48. The molecule has 4 heteroatoms. The van der Waals surface area contributed by atoms with Crippen LogP contribution in [0.4, 0.5) is 5.69 Å². The van der Waals surface area contributed by atoms with Crippen LogP contribution in [0.15, 0.2) is 59.4 Å². The standard InChI is InChI=1S/C18H16N2O2/c1-12(21)19-16-14-10-6-7-11-15(14)17(20(2)18(16)22)13-8-4-3-5-9-13/h3-11H,1-2H3,(H,19,21). The fraction of sp³-hybridized carbons (Fsp3) is 0.111. The highest BCUT2D eigenvalue weighted by Gasteiger charge is 2.15. The average molecular weight is 292 g/mol. The molecule has 1 amide bonds. The van der Waals surface area contributed by atoms with Gasteiger partial charge < -0.3 is 9.88 Å². The molecule has 3 rings (SSSR count). The van der Waals surface area contributed by atoms with Crippen LogP contribution in [-0.4, -0.2) is 10.5 Å². The maximum atomic E-state index is 12.7. The second-order valence-corrected chi connectivity index (χ2v) is 5.18. The van der Waals surface area contributed by atoms with Crippen LogP contribution in [0.5, 0.6) is 0 Å². The molecule has 1 heterocycles. The summed E-state index contributed by atoms with van der Waals surface area (Å²) in [7, 11) is 1.72. The Labute approximate surface area is 128 Å². The van der Waals surface area contributed by atoms with Crippen molar-refractivity contribution in [3.63, 3.8) is 0 Å². The van der Waals surface area contributed by atoms with Gasteiger partial charge in [-0.3, -0.25) is 9.59 Å². The average Bonchev–Trinajstić information content (AvgIpc) is 2.53. The quantitative estimate of drug-likeness (QED) is 0.788. The molecular formula is C18H16N2O2. The zero-order valence-electron chi connectivity index (χ0n) is 12.5. The van der Waals surface area contributed by atoms with E-state index in [0.29, 0.717) is 5.69 Å². The number of pyridine rings is 1. The zero-order chi connectivity index (χ0) is 15.7. The minimum Gasteiger partial charge on any atom is -0.321 e. The molecule has 4 nitrogen and oxygen atoms in total. The summed E-state index contributed by atoms with van der Waals surface area (Å²) in [5.74, 6) is -0.255. The Morgan fingerprint density at radius 3 is 2.18 bits per heavy atom. The molecule has 0 aliphatic carbocycles. The molecule has 0 aliphatic rings. The Morgan fingerprint density at radius 2 is 1.55 bits per heavy atom. The Morgan fingerprint density at radius 1 is 0.955 bits per heavy atom. The summed E-state index contributed by atoms with van der Waals surface area (Å²) < 4.78 is 1.59. The molecule has 22 heavy (non-hydrogen) atoms. The summed E-state index contributed by atoms with van der Waals surface area (Å²) in [5, 5.41) is 4.34. The molecule has 0 spiro atoms. The van der Waals surface area contributed by atoms with E-state index in [2.05, 4.69) is 5.32 Å². The van der Waals surface area contributed by atoms with Crippen molar-refractivity contribution >= 4 is 22.4 Å². The highest BCUT2D eigenvalue weighted by atomic mass is 16.2. The van der Waals surface area contributed by atoms with Gasteiger partial charge in [0.15, 0.2) is 0 Å². The van der Waals surface area contributed by atoms with Crippen LogP contribution >= 0.6 is 0 Å². The number of fused-ring (bicyclic) bond motifs is 1. The van der Waals surface area contributed by atoms with Crippen LogP contribution in [0.1, 0.15) is 6.92 Å². The van der Waals surface area contributed by atoms with E-state index in [0.717, 1.165) is 22.0 Å². The van der Waals surface area contributed by atoms with Crippen LogP contribution in [0.3, 0.4) is 0 Å². The predicted molar refractivity (Wildman–Crippen MR) is 88.9 cm³/mol. The predicted octanol–water partition coefficient (Wildman–Crippen LogP) is 3.16. The zero-order valence-corrected chi connectivity index (χ0v) is 12.5. The van der Waals surface area contributed by atoms with Gasteiger partial charge in [0.2, 0.25) is 5.91 Å². The van der Waals surface area contributed by atoms with Crippen molar-refractivity contribution in [1.29, 1.82) is 0 Å². The number of amides is 1. The number of benzene rings is 2. The summed E-state index contributed by atoms with van der Waals surface area (Å²) in [5.41, 5.74) is 1.92. The van der Waals surface area contributed by atoms with Gasteiger partial charge in [-0.15, -0.1) is 0 Å². The van der Waals surface area contributed by atoms with E-state index in [4.69, 9.17) is 0 Å². The van der Waals surface area contributed by atoms with Crippen LogP contribution in [-0.2, 0) is 11.8 Å². The lowest BCUT2D eigenvalue weighted by Crippen LogP contribution is -2.24. The highest BCUT2D eigenvalue weighted by molar-refractivity contribution is 6.05. The molecule has 3 aromatic rings. The molecule has 110 valence electrons. The van der Waals surface area contributed by atoms with E-state index < -0.39 is 0 Å². The summed E-state index contributed by atoms with van der Waals surface area (Å²) in [4.78, 5) is 24.1. The first kappa shape index (κ1) is 14.1. The van der Waals surface area contributed by atoms with Crippen LogP contribution < -0.4 is 10.9 Å². The van der Waals surface area contributed by atoms with Gasteiger partial charge in [-0.2, -0.15) is 0 Å². The number of aromatic nitrogens is 1. The number of nitrogens with zero attached hydrogens (tertiary/aromatic N) is 1. The third-order valence-corrected chi connectivity index (χ3v) is 3.65. The first-order chi connectivity index (χ1) is 10.6. The van der Waals surface area contributed by atoms with Gasteiger partial charge in [0.1, 0.15) is 5.69 Å². The molecule has 1 aromatic heterocycles. The number of carbonyl (C=O) groups is 1. The number of rotatable bonds is 2. The van der Waals surface area contributed by atoms with Gasteiger partial charge in [-0.1, -0.05) is 54.6 Å². The van der Waals surface area contributed by atoms with Gasteiger partial charge in [0, 0.05) is 24.7 Å². The topological polar surface area (TPSA) is 51.1 Å². The van der Waals surface area contributed by atoms with Crippen LogP contribution in [0.2, 0.25) is 0 Å². The Balaban J connectivity index is 2.43. The minimum atomic E-state index is -0.255. The SMILES string of the molecule is CC(=O)Nc1c(=O)n(C)c(-c2ccccc2)c2ccccc12. The molecule has 0 bridgehead atoms. The van der Waals surface area contributed by atoms with Gasteiger partial charge in [-0.05, 0) is 5.56 Å². The number of carbonyl (C=O) groups excluding carboxylic acids is 1. The number of hydrogen-bond acceptors (Lipinski definition) is 2. The van der Waals surface area contributed by atoms with Gasteiger partial charge in [0.05, 0.1) is 5.69 Å². The third-order valence-electron chi connectivity index (χ3n) is 3.65. The molecule has 0 aliphatic heterocycles. The molecule has 0 saturated carbocycles. The van der Waals surface area contributed by atoms with Crippen molar-refractivity contribution in [2.75, 3.05) is 5.32 Å². The monoisotopic (exact) mass is 292 g/mol. The first-order valence-corrected chi connectivity index (χ1v) is 7.04. The van der Waals surface area contributed by atoms with Crippen molar-refractivity contribution in [3.05, 3.63) is 65.0 Å². The smallest absolute Gasteiger partial charge is 0.275 e.